The van der Waals surface area contributed by atoms with Crippen molar-refractivity contribution in [2.24, 2.45) is 11.7 Å². The maximum atomic E-state index is 12.9. The largest absolute Gasteiger partial charge is 0.354 e. The summed E-state index contributed by atoms with van der Waals surface area (Å²) in [6, 6.07) is 6.48. The highest BCUT2D eigenvalue weighted by atomic mass is 19.1. The Bertz CT molecular complexity index is 520. The minimum absolute atomic E-state index is 0.0276. The van der Waals surface area contributed by atoms with E-state index in [1.807, 2.05) is 0 Å². The number of benzene rings is 1. The first-order chi connectivity index (χ1) is 10.6. The lowest BCUT2D eigenvalue weighted by atomic mass is 9.91. The Hall–Kier alpha value is -1.42. The van der Waals surface area contributed by atoms with Crippen LogP contribution in [0, 0.1) is 11.7 Å². The van der Waals surface area contributed by atoms with Crippen molar-refractivity contribution in [3.63, 3.8) is 0 Å². The predicted octanol–water partition coefficient (Wildman–Crippen LogP) is 3.10. The van der Waals surface area contributed by atoms with Crippen LogP contribution < -0.4 is 11.1 Å². The number of rotatable bonds is 4. The van der Waals surface area contributed by atoms with Gasteiger partial charge in [-0.15, -0.1) is 0 Å². The Morgan fingerprint density at radius 3 is 2.45 bits per heavy atom. The first-order valence-electron chi connectivity index (χ1n) is 8.39. The first-order valence-corrected chi connectivity index (χ1v) is 8.39. The zero-order valence-corrected chi connectivity index (χ0v) is 13.0. The van der Waals surface area contributed by atoms with Gasteiger partial charge in [0.2, 0.25) is 5.91 Å². The summed E-state index contributed by atoms with van der Waals surface area (Å²) in [4.78, 5) is 12.3. The van der Waals surface area contributed by atoms with E-state index in [4.69, 9.17) is 5.73 Å². The number of hydrogen-bond acceptors (Lipinski definition) is 2. The van der Waals surface area contributed by atoms with Crippen LogP contribution in [-0.2, 0) is 4.79 Å². The van der Waals surface area contributed by atoms with Crippen molar-refractivity contribution in [1.82, 2.24) is 5.32 Å². The van der Waals surface area contributed by atoms with Gasteiger partial charge in [-0.25, -0.2) is 4.39 Å². The topological polar surface area (TPSA) is 55.1 Å². The third-order valence-electron chi connectivity index (χ3n) is 5.14. The Labute approximate surface area is 131 Å². The lowest BCUT2D eigenvalue weighted by molar-refractivity contribution is -0.122. The second-order valence-electron chi connectivity index (χ2n) is 6.99. The van der Waals surface area contributed by atoms with Crippen LogP contribution in [0.5, 0.6) is 0 Å². The highest BCUT2D eigenvalue weighted by molar-refractivity contribution is 5.83. The minimum atomic E-state index is -0.233. The lowest BCUT2D eigenvalue weighted by Gasteiger charge is -2.28. The first kappa shape index (κ1) is 15.5. The van der Waals surface area contributed by atoms with Gasteiger partial charge in [0.1, 0.15) is 5.82 Å². The molecule has 0 heterocycles. The summed E-state index contributed by atoms with van der Waals surface area (Å²) >= 11 is 0. The van der Waals surface area contributed by atoms with E-state index in [0.717, 1.165) is 37.7 Å². The van der Waals surface area contributed by atoms with Crippen molar-refractivity contribution < 1.29 is 9.18 Å². The minimum Gasteiger partial charge on any atom is -0.354 e. The summed E-state index contributed by atoms with van der Waals surface area (Å²) in [6.45, 7) is 0.582. The maximum Gasteiger partial charge on any atom is 0.223 e. The molecule has 2 fully saturated rings. The quantitative estimate of drug-likeness (QED) is 0.840. The van der Waals surface area contributed by atoms with Crippen molar-refractivity contribution in [1.29, 1.82) is 0 Å². The molecule has 2 aliphatic carbocycles. The zero-order chi connectivity index (χ0) is 15.6. The Morgan fingerprint density at radius 1 is 1.18 bits per heavy atom. The third-order valence-corrected chi connectivity index (χ3v) is 5.14. The summed E-state index contributed by atoms with van der Waals surface area (Å²) in [7, 11) is 0. The number of carbonyl (C=O) groups excluding carboxylic acids is 1. The molecule has 3 rings (SSSR count). The van der Waals surface area contributed by atoms with E-state index in [2.05, 4.69) is 5.32 Å². The van der Waals surface area contributed by atoms with Gasteiger partial charge < -0.3 is 11.1 Å². The molecule has 0 bridgehead atoms. The summed E-state index contributed by atoms with van der Waals surface area (Å²) in [5.74, 6) is 0.135. The van der Waals surface area contributed by atoms with Gasteiger partial charge in [0.05, 0.1) is 0 Å². The van der Waals surface area contributed by atoms with E-state index in [1.165, 1.54) is 25.0 Å². The summed E-state index contributed by atoms with van der Waals surface area (Å²) in [6.07, 6.45) is 7.68. The molecule has 0 radical (unpaired) electrons. The van der Waals surface area contributed by atoms with Crippen LogP contribution in [0.25, 0.3) is 0 Å². The average Bonchev–Trinajstić information content (AvgIpc) is 3.31. The SMILES string of the molecule is NC1(CNC(=O)C2CC2c2ccc(F)cc2)CCCCCC1. The van der Waals surface area contributed by atoms with Crippen LogP contribution in [0.3, 0.4) is 0 Å². The summed E-state index contributed by atoms with van der Waals surface area (Å²) in [5, 5.41) is 3.06. The molecule has 3 nitrogen and oxygen atoms in total. The molecule has 2 atom stereocenters. The molecule has 22 heavy (non-hydrogen) atoms. The van der Waals surface area contributed by atoms with E-state index >= 15 is 0 Å². The van der Waals surface area contributed by atoms with Gasteiger partial charge in [-0.1, -0.05) is 37.8 Å². The fraction of sp³-hybridized carbons (Fsp3) is 0.611. The Balaban J connectivity index is 1.50. The Morgan fingerprint density at radius 2 is 1.82 bits per heavy atom. The second kappa shape index (κ2) is 6.37. The second-order valence-corrected chi connectivity index (χ2v) is 6.99. The van der Waals surface area contributed by atoms with Gasteiger partial charge in [0.15, 0.2) is 0 Å². The molecule has 0 spiro atoms. The molecule has 0 aromatic heterocycles. The molecule has 1 aromatic carbocycles. The standard InChI is InChI=1S/C18H25FN2O/c19-14-7-5-13(6-8-14)15-11-16(15)17(22)21-12-18(20)9-3-1-2-4-10-18/h5-8,15-16H,1-4,9-12,20H2,(H,21,22). The van der Waals surface area contributed by atoms with Gasteiger partial charge >= 0.3 is 0 Å². The van der Waals surface area contributed by atoms with Crippen molar-refractivity contribution in [3.8, 4) is 0 Å². The third kappa shape index (κ3) is 3.67. The van der Waals surface area contributed by atoms with Crippen molar-refractivity contribution in [2.75, 3.05) is 6.54 Å². The molecule has 0 saturated heterocycles. The molecule has 120 valence electrons. The number of nitrogens with two attached hydrogens (primary N) is 1. The molecule has 1 amide bonds. The van der Waals surface area contributed by atoms with Crippen molar-refractivity contribution in [2.45, 2.75) is 56.4 Å². The summed E-state index contributed by atoms with van der Waals surface area (Å²) in [5.41, 5.74) is 7.26. The lowest BCUT2D eigenvalue weighted by Crippen LogP contribution is -2.50. The van der Waals surface area contributed by atoms with Crippen LogP contribution >= 0.6 is 0 Å². The van der Waals surface area contributed by atoms with Crippen molar-refractivity contribution >= 4 is 5.91 Å². The fourth-order valence-corrected chi connectivity index (χ4v) is 3.57. The molecule has 0 aliphatic heterocycles. The Kier molecular flexibility index (Phi) is 4.48. The molecular formula is C18H25FN2O. The van der Waals surface area contributed by atoms with Crippen molar-refractivity contribution in [3.05, 3.63) is 35.6 Å². The van der Waals surface area contributed by atoms with E-state index < -0.39 is 0 Å². The molecule has 2 unspecified atom stereocenters. The van der Waals surface area contributed by atoms with E-state index in [1.54, 1.807) is 12.1 Å². The normalized spacial score (nSPS) is 27.0. The zero-order valence-electron chi connectivity index (χ0n) is 13.0. The van der Waals surface area contributed by atoms with Crippen LogP contribution in [0.4, 0.5) is 4.39 Å². The summed E-state index contributed by atoms with van der Waals surface area (Å²) < 4.78 is 12.9. The van der Waals surface area contributed by atoms with Crippen LogP contribution in [0.2, 0.25) is 0 Å². The number of carbonyl (C=O) groups is 1. The molecule has 3 N–H and O–H groups in total. The molecule has 4 heteroatoms. The monoisotopic (exact) mass is 304 g/mol. The molecular weight excluding hydrogens is 279 g/mol. The predicted molar refractivity (Wildman–Crippen MR) is 84.9 cm³/mol. The highest BCUT2D eigenvalue weighted by Crippen LogP contribution is 2.47. The maximum absolute atomic E-state index is 12.9. The average molecular weight is 304 g/mol. The smallest absolute Gasteiger partial charge is 0.223 e. The van der Waals surface area contributed by atoms with Gasteiger partial charge in [0, 0.05) is 18.0 Å². The van der Waals surface area contributed by atoms with E-state index in [-0.39, 0.29) is 29.1 Å². The van der Waals surface area contributed by atoms with Crippen LogP contribution in [0.15, 0.2) is 24.3 Å². The number of hydrogen-bond donors (Lipinski definition) is 2. The molecule has 1 aromatic rings. The van der Waals surface area contributed by atoms with Gasteiger partial charge in [-0.05, 0) is 42.9 Å². The van der Waals surface area contributed by atoms with Gasteiger partial charge in [0.25, 0.3) is 0 Å². The van der Waals surface area contributed by atoms with Crippen LogP contribution in [-0.4, -0.2) is 18.0 Å². The van der Waals surface area contributed by atoms with Gasteiger partial charge in [-0.3, -0.25) is 4.79 Å². The number of nitrogens with one attached hydrogen (secondary N) is 1. The van der Waals surface area contributed by atoms with Gasteiger partial charge in [-0.2, -0.15) is 0 Å². The number of amides is 1. The van der Waals surface area contributed by atoms with E-state index in [9.17, 15) is 9.18 Å². The highest BCUT2D eigenvalue weighted by Gasteiger charge is 2.44. The van der Waals surface area contributed by atoms with E-state index in [0.29, 0.717) is 6.54 Å². The fourth-order valence-electron chi connectivity index (χ4n) is 3.57. The van der Waals surface area contributed by atoms with Crippen LogP contribution in [0.1, 0.15) is 56.4 Å². The molecule has 2 saturated carbocycles. The molecule has 2 aliphatic rings. The number of halogens is 1.